The fourth-order valence-corrected chi connectivity index (χ4v) is 2.08. The Morgan fingerprint density at radius 1 is 1.13 bits per heavy atom. The van der Waals surface area contributed by atoms with Gasteiger partial charge in [-0.1, -0.05) is 41.6 Å². The Morgan fingerprint density at radius 3 is 2.65 bits per heavy atom. The van der Waals surface area contributed by atoms with Crippen LogP contribution in [0.15, 0.2) is 64.0 Å². The molecule has 116 valence electrons. The summed E-state index contributed by atoms with van der Waals surface area (Å²) in [7, 11) is 0. The van der Waals surface area contributed by atoms with Crippen LogP contribution >= 0.6 is 0 Å². The number of nitrogens with zero attached hydrogens (tertiary/aromatic N) is 3. The Balaban J connectivity index is 1.72. The highest BCUT2D eigenvalue weighted by Crippen LogP contribution is 2.11. The molecule has 7 nitrogen and oxygen atoms in total. The van der Waals surface area contributed by atoms with E-state index in [1.165, 1.54) is 0 Å². The quantitative estimate of drug-likeness (QED) is 0.765. The number of benzene rings is 1. The monoisotopic (exact) mass is 310 g/mol. The van der Waals surface area contributed by atoms with Crippen molar-refractivity contribution in [1.82, 2.24) is 20.0 Å². The van der Waals surface area contributed by atoms with Gasteiger partial charge < -0.3 is 5.32 Å². The molecule has 0 aliphatic rings. The predicted molar refractivity (Wildman–Crippen MR) is 82.3 cm³/mol. The van der Waals surface area contributed by atoms with Gasteiger partial charge in [-0.25, -0.2) is 9.36 Å². The van der Waals surface area contributed by atoms with E-state index < -0.39 is 5.76 Å². The maximum atomic E-state index is 12.1. The molecular weight excluding hydrogens is 296 g/mol. The Labute approximate surface area is 131 Å². The van der Waals surface area contributed by atoms with Crippen molar-refractivity contribution in [3.63, 3.8) is 0 Å². The molecule has 1 aromatic carbocycles. The zero-order chi connectivity index (χ0) is 16.1. The minimum atomic E-state index is -0.694. The normalized spacial score (nSPS) is 10.4. The van der Waals surface area contributed by atoms with E-state index in [4.69, 9.17) is 0 Å². The third-order valence-electron chi connectivity index (χ3n) is 3.21. The van der Waals surface area contributed by atoms with Crippen LogP contribution in [-0.4, -0.2) is 20.6 Å². The fourth-order valence-electron chi connectivity index (χ4n) is 2.08. The Kier molecular flexibility index (Phi) is 4.28. The molecule has 1 N–H and O–H groups in total. The fraction of sp³-hybridized carbons (Fsp3) is 0.125. The first kappa shape index (κ1) is 14.7. The van der Waals surface area contributed by atoms with E-state index in [-0.39, 0.29) is 18.3 Å². The van der Waals surface area contributed by atoms with Gasteiger partial charge in [0.25, 0.3) is 0 Å². The molecule has 2 aromatic heterocycles. The minimum Gasteiger partial charge on any atom is -0.350 e. The van der Waals surface area contributed by atoms with Crippen LogP contribution in [0.1, 0.15) is 5.56 Å². The lowest BCUT2D eigenvalue weighted by molar-refractivity contribution is -0.121. The molecule has 1 amide bonds. The average molecular weight is 310 g/mol. The summed E-state index contributed by atoms with van der Waals surface area (Å²) in [5, 5.41) is 6.44. The highest BCUT2D eigenvalue weighted by Gasteiger charge is 2.16. The first-order valence-electron chi connectivity index (χ1n) is 7.02. The van der Waals surface area contributed by atoms with E-state index in [9.17, 15) is 9.59 Å². The van der Waals surface area contributed by atoms with Crippen LogP contribution in [0, 0.1) is 0 Å². The highest BCUT2D eigenvalue weighted by atomic mass is 16.5. The number of carbonyl (C=O) groups is 1. The maximum absolute atomic E-state index is 12.1. The molecule has 0 aliphatic heterocycles. The summed E-state index contributed by atoms with van der Waals surface area (Å²) in [5.74, 6) is -0.776. The average Bonchev–Trinajstić information content (AvgIpc) is 2.95. The summed E-state index contributed by atoms with van der Waals surface area (Å²) in [5.41, 5.74) is 1.44. The lowest BCUT2D eigenvalue weighted by atomic mass is 10.2. The van der Waals surface area contributed by atoms with Gasteiger partial charge in [0.15, 0.2) is 0 Å². The van der Waals surface area contributed by atoms with Crippen molar-refractivity contribution in [1.29, 1.82) is 0 Å². The molecule has 7 heteroatoms. The zero-order valence-electron chi connectivity index (χ0n) is 12.2. The van der Waals surface area contributed by atoms with E-state index in [1.807, 2.05) is 30.3 Å². The number of carbonyl (C=O) groups excluding carboxylic acids is 1. The van der Waals surface area contributed by atoms with Gasteiger partial charge in [-0.15, -0.1) is 0 Å². The van der Waals surface area contributed by atoms with Gasteiger partial charge in [0.1, 0.15) is 12.2 Å². The summed E-state index contributed by atoms with van der Waals surface area (Å²) in [6, 6.07) is 14.7. The molecule has 0 spiro atoms. The summed E-state index contributed by atoms with van der Waals surface area (Å²) >= 11 is 0. The van der Waals surface area contributed by atoms with E-state index in [2.05, 4.69) is 20.0 Å². The number of hydrogen-bond donors (Lipinski definition) is 1. The van der Waals surface area contributed by atoms with Gasteiger partial charge in [-0.2, -0.15) is 0 Å². The molecule has 0 bridgehead atoms. The third-order valence-corrected chi connectivity index (χ3v) is 3.21. The summed E-state index contributed by atoms with van der Waals surface area (Å²) < 4.78 is 5.81. The van der Waals surface area contributed by atoms with Crippen LogP contribution < -0.4 is 11.1 Å². The van der Waals surface area contributed by atoms with E-state index in [0.717, 1.165) is 10.1 Å². The first-order valence-corrected chi connectivity index (χ1v) is 7.02. The van der Waals surface area contributed by atoms with Crippen LogP contribution in [0.5, 0.6) is 0 Å². The van der Waals surface area contributed by atoms with Gasteiger partial charge in [0, 0.05) is 12.7 Å². The molecule has 23 heavy (non-hydrogen) atoms. The lowest BCUT2D eigenvalue weighted by Gasteiger charge is -2.06. The van der Waals surface area contributed by atoms with Crippen molar-refractivity contribution in [2.45, 2.75) is 13.1 Å². The topological polar surface area (TPSA) is 90.0 Å². The second-order valence-corrected chi connectivity index (χ2v) is 4.84. The van der Waals surface area contributed by atoms with E-state index in [1.54, 1.807) is 24.4 Å². The van der Waals surface area contributed by atoms with Gasteiger partial charge in [-0.3, -0.25) is 14.3 Å². The lowest BCUT2D eigenvalue weighted by Crippen LogP contribution is -2.30. The van der Waals surface area contributed by atoms with Crippen LogP contribution in [0.2, 0.25) is 0 Å². The summed E-state index contributed by atoms with van der Waals surface area (Å²) in [4.78, 5) is 27.9. The van der Waals surface area contributed by atoms with Crippen molar-refractivity contribution < 1.29 is 9.32 Å². The van der Waals surface area contributed by atoms with Crippen molar-refractivity contribution >= 4 is 5.91 Å². The Bertz CT molecular complexity index is 841. The summed E-state index contributed by atoms with van der Waals surface area (Å²) in [6.45, 7) is 0.208. The molecule has 3 rings (SSSR count). The molecule has 0 unspecified atom stereocenters. The van der Waals surface area contributed by atoms with Gasteiger partial charge >= 0.3 is 5.76 Å². The van der Waals surface area contributed by atoms with E-state index >= 15 is 0 Å². The zero-order valence-corrected chi connectivity index (χ0v) is 12.2. The molecule has 0 atom stereocenters. The van der Waals surface area contributed by atoms with Crippen LogP contribution in [-0.2, 0) is 17.9 Å². The molecule has 0 fully saturated rings. The van der Waals surface area contributed by atoms with Crippen molar-refractivity contribution in [2.75, 3.05) is 0 Å². The number of aromatic nitrogens is 3. The second kappa shape index (κ2) is 6.69. The molecule has 2 heterocycles. The number of pyridine rings is 1. The predicted octanol–water partition coefficient (Wildman–Crippen LogP) is 1.21. The van der Waals surface area contributed by atoms with Gasteiger partial charge in [0.05, 0.1) is 0 Å². The van der Waals surface area contributed by atoms with Gasteiger partial charge in [0.2, 0.25) is 11.7 Å². The summed E-state index contributed by atoms with van der Waals surface area (Å²) in [6.07, 6.45) is 1.58. The van der Waals surface area contributed by atoms with Crippen molar-refractivity contribution in [2.24, 2.45) is 0 Å². The Morgan fingerprint density at radius 2 is 1.91 bits per heavy atom. The second-order valence-electron chi connectivity index (χ2n) is 4.84. The molecule has 0 aliphatic carbocycles. The largest absolute Gasteiger partial charge is 0.442 e. The number of nitrogens with one attached hydrogen (secondary N) is 1. The molecule has 3 aromatic rings. The van der Waals surface area contributed by atoms with Crippen LogP contribution in [0.4, 0.5) is 0 Å². The number of hydrogen-bond acceptors (Lipinski definition) is 5. The smallest absolute Gasteiger partial charge is 0.350 e. The van der Waals surface area contributed by atoms with Crippen molar-refractivity contribution in [3.05, 3.63) is 70.8 Å². The Hall–Kier alpha value is -3.22. The molecular formula is C16H14N4O3. The van der Waals surface area contributed by atoms with Crippen LogP contribution in [0.25, 0.3) is 11.5 Å². The van der Waals surface area contributed by atoms with E-state index in [0.29, 0.717) is 12.2 Å². The van der Waals surface area contributed by atoms with Gasteiger partial charge in [-0.05, 0) is 17.7 Å². The number of amides is 1. The first-order chi connectivity index (χ1) is 11.2. The van der Waals surface area contributed by atoms with Crippen molar-refractivity contribution in [3.8, 4) is 11.5 Å². The molecule has 0 radical (unpaired) electrons. The molecule has 0 saturated heterocycles. The SMILES string of the molecule is O=C(Cn1c(-c2ccccn2)noc1=O)NCc1ccccc1. The van der Waals surface area contributed by atoms with Crippen LogP contribution in [0.3, 0.4) is 0 Å². The highest BCUT2D eigenvalue weighted by molar-refractivity contribution is 5.76. The number of rotatable bonds is 5. The maximum Gasteiger partial charge on any atom is 0.442 e. The molecule has 0 saturated carbocycles. The third kappa shape index (κ3) is 3.52. The standard InChI is InChI=1S/C16H14N4O3/c21-14(18-10-12-6-2-1-3-7-12)11-20-15(19-23-16(20)22)13-8-4-5-9-17-13/h1-9H,10-11H2,(H,18,21). The minimum absolute atomic E-state index is 0.179.